The Morgan fingerprint density at radius 3 is 2.59 bits per heavy atom. The van der Waals surface area contributed by atoms with Crippen LogP contribution >= 0.6 is 11.3 Å². The molecule has 0 radical (unpaired) electrons. The monoisotopic (exact) mass is 414 g/mol. The molecule has 0 saturated heterocycles. The van der Waals surface area contributed by atoms with E-state index >= 15 is 0 Å². The van der Waals surface area contributed by atoms with Crippen LogP contribution in [0.3, 0.4) is 0 Å². The molecular formula is C20H13F3N4OS. The Kier molecular flexibility index (Phi) is 3.95. The Labute approximate surface area is 166 Å². The lowest BCUT2D eigenvalue weighted by molar-refractivity contribution is -0.137. The minimum atomic E-state index is -4.40. The molecule has 4 aromatic rings. The number of rotatable bonds is 2. The summed E-state index contributed by atoms with van der Waals surface area (Å²) in [5, 5.41) is 7.85. The average Bonchev–Trinajstić information content (AvgIpc) is 3.30. The lowest BCUT2D eigenvalue weighted by atomic mass is 9.87. The summed E-state index contributed by atoms with van der Waals surface area (Å²) in [7, 11) is 0. The van der Waals surface area contributed by atoms with Gasteiger partial charge in [-0.15, -0.1) is 0 Å². The third-order valence-corrected chi connectivity index (χ3v) is 5.94. The Hall–Kier alpha value is -3.20. The molecule has 0 fully saturated rings. The number of nitrogens with zero attached hydrogens (tertiary/aromatic N) is 3. The number of amides is 1. The highest BCUT2D eigenvalue weighted by atomic mass is 32.1. The fourth-order valence-corrected chi connectivity index (χ4v) is 4.45. The molecule has 1 amide bonds. The molecular weight excluding hydrogens is 401 g/mol. The fraction of sp³-hybridized carbons (Fsp3) is 0.150. The van der Waals surface area contributed by atoms with E-state index in [9.17, 15) is 18.0 Å². The van der Waals surface area contributed by atoms with Crippen molar-refractivity contribution in [2.75, 3.05) is 5.32 Å². The van der Waals surface area contributed by atoms with Crippen LogP contribution in [0.5, 0.6) is 0 Å². The molecule has 0 bridgehead atoms. The molecule has 5 rings (SSSR count). The van der Waals surface area contributed by atoms with E-state index in [1.807, 2.05) is 24.3 Å². The van der Waals surface area contributed by atoms with Gasteiger partial charge >= 0.3 is 6.18 Å². The molecule has 3 heterocycles. The third-order valence-electron chi connectivity index (χ3n) is 4.92. The van der Waals surface area contributed by atoms with Gasteiger partial charge in [0.15, 0.2) is 0 Å². The zero-order chi connectivity index (χ0) is 20.2. The number of aromatic nitrogens is 3. The van der Waals surface area contributed by atoms with Crippen molar-refractivity contribution in [3.8, 4) is 5.13 Å². The number of anilines is 1. The Bertz CT molecular complexity index is 1190. The maximum atomic E-state index is 12.9. The zero-order valence-corrected chi connectivity index (χ0v) is 15.6. The van der Waals surface area contributed by atoms with E-state index in [4.69, 9.17) is 0 Å². The predicted octanol–water partition coefficient (Wildman–Crippen LogP) is 4.97. The van der Waals surface area contributed by atoms with Crippen molar-refractivity contribution >= 4 is 33.3 Å². The number of carbonyl (C=O) groups excluding carboxylic acids is 1. The molecule has 29 heavy (non-hydrogen) atoms. The topological polar surface area (TPSA) is 59.8 Å². The second-order valence-corrected chi connectivity index (χ2v) is 7.76. The average molecular weight is 414 g/mol. The summed E-state index contributed by atoms with van der Waals surface area (Å²) >= 11 is 1.44. The summed E-state index contributed by atoms with van der Waals surface area (Å²) in [5.74, 6) is -0.0837. The summed E-state index contributed by atoms with van der Waals surface area (Å²) < 4.78 is 41.1. The largest absolute Gasteiger partial charge is 0.416 e. The highest BCUT2D eigenvalue weighted by molar-refractivity contribution is 7.20. The van der Waals surface area contributed by atoms with Gasteiger partial charge in [0.1, 0.15) is 5.82 Å². The van der Waals surface area contributed by atoms with Gasteiger partial charge in [-0.1, -0.05) is 35.6 Å². The number of benzene rings is 2. The first-order chi connectivity index (χ1) is 13.9. The number of thiazole rings is 1. The molecule has 9 heteroatoms. The predicted molar refractivity (Wildman–Crippen MR) is 103 cm³/mol. The van der Waals surface area contributed by atoms with Crippen molar-refractivity contribution in [3.05, 3.63) is 71.4 Å². The summed E-state index contributed by atoms with van der Waals surface area (Å²) in [6.45, 7) is 0. The number of carbonyl (C=O) groups is 1. The number of halogens is 3. The molecule has 1 aliphatic rings. The summed E-state index contributed by atoms with van der Waals surface area (Å²) in [6.07, 6.45) is -2.61. The lowest BCUT2D eigenvalue weighted by Gasteiger charge is -2.23. The van der Waals surface area contributed by atoms with Crippen molar-refractivity contribution in [1.29, 1.82) is 0 Å². The van der Waals surface area contributed by atoms with Crippen molar-refractivity contribution < 1.29 is 18.0 Å². The van der Waals surface area contributed by atoms with E-state index < -0.39 is 11.7 Å². The highest BCUT2D eigenvalue weighted by Gasteiger charge is 2.33. The van der Waals surface area contributed by atoms with E-state index in [0.717, 1.165) is 27.9 Å². The van der Waals surface area contributed by atoms with Crippen LogP contribution in [0.1, 0.15) is 29.0 Å². The van der Waals surface area contributed by atoms with Gasteiger partial charge in [-0.2, -0.15) is 23.0 Å². The second kappa shape index (κ2) is 6.41. The van der Waals surface area contributed by atoms with Crippen LogP contribution in [0.15, 0.2) is 54.7 Å². The van der Waals surface area contributed by atoms with Gasteiger partial charge in [0.05, 0.1) is 22.0 Å². The van der Waals surface area contributed by atoms with Gasteiger partial charge in [-0.05, 0) is 29.8 Å². The van der Waals surface area contributed by atoms with Crippen molar-refractivity contribution in [2.24, 2.45) is 0 Å². The molecule has 0 aliphatic carbocycles. The van der Waals surface area contributed by atoms with Crippen LogP contribution in [0.4, 0.5) is 19.0 Å². The quantitative estimate of drug-likeness (QED) is 0.504. The Morgan fingerprint density at radius 1 is 1.10 bits per heavy atom. The fourth-order valence-electron chi connectivity index (χ4n) is 3.52. The van der Waals surface area contributed by atoms with Gasteiger partial charge < -0.3 is 5.32 Å². The molecule has 2 aromatic heterocycles. The maximum Gasteiger partial charge on any atom is 0.416 e. The highest BCUT2D eigenvalue weighted by Crippen LogP contribution is 2.40. The molecule has 0 spiro atoms. The molecule has 1 atom stereocenters. The molecule has 146 valence electrons. The van der Waals surface area contributed by atoms with Crippen molar-refractivity contribution in [3.63, 3.8) is 0 Å². The van der Waals surface area contributed by atoms with E-state index in [-0.39, 0.29) is 18.2 Å². The minimum absolute atomic E-state index is 0.143. The van der Waals surface area contributed by atoms with Gasteiger partial charge in [0.25, 0.3) is 0 Å². The first-order valence-electron chi connectivity index (χ1n) is 8.81. The first-order valence-corrected chi connectivity index (χ1v) is 9.62. The number of alkyl halides is 3. The van der Waals surface area contributed by atoms with E-state index in [2.05, 4.69) is 15.4 Å². The van der Waals surface area contributed by atoms with Crippen molar-refractivity contribution in [2.45, 2.75) is 18.5 Å². The van der Waals surface area contributed by atoms with Crippen LogP contribution in [0, 0.1) is 0 Å². The number of nitrogens with one attached hydrogen (secondary N) is 1. The van der Waals surface area contributed by atoms with Crippen LogP contribution in [0.2, 0.25) is 0 Å². The third kappa shape index (κ3) is 3.07. The lowest BCUT2D eigenvalue weighted by Crippen LogP contribution is -2.24. The van der Waals surface area contributed by atoms with Crippen LogP contribution in [-0.4, -0.2) is 20.7 Å². The number of para-hydroxylation sites is 1. The van der Waals surface area contributed by atoms with E-state index in [1.165, 1.54) is 23.5 Å². The van der Waals surface area contributed by atoms with Crippen LogP contribution < -0.4 is 5.32 Å². The van der Waals surface area contributed by atoms with Gasteiger partial charge in [-0.3, -0.25) is 4.79 Å². The smallest absolute Gasteiger partial charge is 0.310 e. The van der Waals surface area contributed by atoms with Crippen LogP contribution in [-0.2, 0) is 11.0 Å². The molecule has 5 nitrogen and oxygen atoms in total. The molecule has 0 unspecified atom stereocenters. The van der Waals surface area contributed by atoms with Gasteiger partial charge in [0.2, 0.25) is 11.0 Å². The minimum Gasteiger partial charge on any atom is -0.310 e. The number of hydrogen-bond donors (Lipinski definition) is 1. The van der Waals surface area contributed by atoms with E-state index in [0.29, 0.717) is 16.5 Å². The molecule has 1 N–H and O–H groups in total. The van der Waals surface area contributed by atoms with Crippen molar-refractivity contribution in [1.82, 2.24) is 14.8 Å². The van der Waals surface area contributed by atoms with Gasteiger partial charge in [0, 0.05) is 17.9 Å². The van der Waals surface area contributed by atoms with E-state index in [1.54, 1.807) is 10.9 Å². The van der Waals surface area contributed by atoms with Gasteiger partial charge in [-0.25, -0.2) is 4.98 Å². The number of fused-ring (bicyclic) bond motifs is 2. The molecule has 1 aliphatic heterocycles. The maximum absolute atomic E-state index is 12.9. The normalized spacial score (nSPS) is 16.7. The number of hydrogen-bond acceptors (Lipinski definition) is 4. The second-order valence-electron chi connectivity index (χ2n) is 6.75. The zero-order valence-electron chi connectivity index (χ0n) is 14.8. The summed E-state index contributed by atoms with van der Waals surface area (Å²) in [6, 6.07) is 12.6. The summed E-state index contributed by atoms with van der Waals surface area (Å²) in [4.78, 5) is 16.9. The van der Waals surface area contributed by atoms with Crippen LogP contribution in [0.25, 0.3) is 15.3 Å². The molecule has 2 aromatic carbocycles. The first kappa shape index (κ1) is 17.9. The summed E-state index contributed by atoms with van der Waals surface area (Å²) in [5.41, 5.74) is 1.51. The molecule has 0 saturated carbocycles. The SMILES string of the molecule is O=C1C[C@@H](c2ccc(C(F)(F)F)cc2)c2cnn(-c3nc4ccccc4s3)c2N1. The Morgan fingerprint density at radius 2 is 1.86 bits per heavy atom. The standard InChI is InChI=1S/C20H13F3N4OS/c21-20(22,23)12-7-5-11(6-8-12)13-9-17(28)26-18-14(13)10-24-27(18)19-25-15-3-1-2-4-16(15)29-19/h1-8,10,13H,9H2,(H,26,28)/t13-/m0/s1. The Balaban J connectivity index is 1.56.